The molecule has 0 aromatic heterocycles. The molecule has 0 bridgehead atoms. The normalized spacial score (nSPS) is 20.1. The van der Waals surface area contributed by atoms with E-state index in [1.165, 1.54) is 5.56 Å². The molecule has 0 radical (unpaired) electrons. The summed E-state index contributed by atoms with van der Waals surface area (Å²) in [4.78, 5) is 12.3. The fraction of sp³-hybridized carbons (Fsp3) is 0.323. The number of aryl methyl sites for hydroxylation is 1. The fourth-order valence-corrected chi connectivity index (χ4v) is 5.19. The Hall–Kier alpha value is -1.14. The summed E-state index contributed by atoms with van der Waals surface area (Å²) in [7, 11) is 2.71. The largest absolute Gasteiger partial charge is 1.00 e. The van der Waals surface area contributed by atoms with Crippen LogP contribution in [0, 0.1) is 13.0 Å². The second-order valence-corrected chi connectivity index (χ2v) is 10.00. The summed E-state index contributed by atoms with van der Waals surface area (Å²) in [5.41, 5.74) is 11.1. The van der Waals surface area contributed by atoms with E-state index in [1.807, 2.05) is 57.2 Å². The van der Waals surface area contributed by atoms with Crippen LogP contribution < -0.4 is 67.7 Å². The maximum absolute atomic E-state index is 12.3. The summed E-state index contributed by atoms with van der Waals surface area (Å²) < 4.78 is 0. The van der Waals surface area contributed by atoms with Crippen molar-refractivity contribution in [2.45, 2.75) is 57.5 Å². The molecular weight excluding hydrogens is 502 g/mol. The van der Waals surface area contributed by atoms with Crippen molar-refractivity contribution in [2.75, 3.05) is 6.54 Å². The third-order valence-electron chi connectivity index (χ3n) is 6.63. The number of phenolic OH excluding ortho intramolecular Hbond substituents is 1. The third kappa shape index (κ3) is 8.95. The van der Waals surface area contributed by atoms with Crippen molar-refractivity contribution >= 4 is 26.9 Å². The van der Waals surface area contributed by atoms with Crippen LogP contribution in [-0.2, 0) is 11.2 Å². The van der Waals surface area contributed by atoms with Gasteiger partial charge in [-0.15, -0.1) is 26.9 Å². The topological polar surface area (TPSA) is 75.3 Å². The van der Waals surface area contributed by atoms with Crippen LogP contribution in [0.5, 0.6) is 5.75 Å². The van der Waals surface area contributed by atoms with Gasteiger partial charge in [-0.3, -0.25) is 0 Å². The molecule has 4 unspecified atom stereocenters. The quantitative estimate of drug-likeness (QED) is 0.186. The Balaban J connectivity index is 0.00000157. The van der Waals surface area contributed by atoms with Gasteiger partial charge in [-0.2, -0.15) is 23.3 Å². The first-order chi connectivity index (χ1) is 17.4. The number of piperidine rings is 1. The zero-order valence-corrected chi connectivity index (χ0v) is 26.7. The van der Waals surface area contributed by atoms with E-state index in [2.05, 4.69) is 51.2 Å². The molecule has 1 aliphatic rings. The van der Waals surface area contributed by atoms with Gasteiger partial charge in [-0.25, -0.2) is 6.08 Å². The van der Waals surface area contributed by atoms with E-state index in [1.54, 1.807) is 12.1 Å². The van der Waals surface area contributed by atoms with Gasteiger partial charge in [0.1, 0.15) is 5.75 Å². The van der Waals surface area contributed by atoms with Crippen molar-refractivity contribution in [3.8, 4) is 5.75 Å². The molecule has 0 amide bonds. The first kappa shape index (κ1) is 32.1. The summed E-state index contributed by atoms with van der Waals surface area (Å²) in [5.74, 6) is -0.180. The van der Waals surface area contributed by atoms with Crippen LogP contribution >= 0.6 is 9.24 Å². The maximum Gasteiger partial charge on any atom is 1.00 e. The fourth-order valence-electron chi connectivity index (χ4n) is 5.00. The van der Waals surface area contributed by atoms with Gasteiger partial charge in [0.25, 0.3) is 0 Å². The first-order valence-corrected chi connectivity index (χ1v) is 13.2. The van der Waals surface area contributed by atoms with Crippen molar-refractivity contribution in [2.24, 2.45) is 5.73 Å². The number of benzene rings is 3. The molecule has 190 valence electrons. The van der Waals surface area contributed by atoms with Gasteiger partial charge in [-0.05, 0) is 66.6 Å². The Morgan fingerprint density at radius 2 is 1.89 bits per heavy atom. The average molecular weight is 540 g/mol. The Morgan fingerprint density at radius 1 is 1.22 bits per heavy atom. The molecule has 4 N–H and O–H groups in total. The SMILES string of the molecule is CC.Cc1cc[c-]c(/C=C(\[C-]=O)C(c2ccc(O)cc2)C2(N)CCNC(Cc3ccc(P)cc3)C2)c1.[K+]. The Bertz CT molecular complexity index is 1160. The molecule has 3 aromatic rings. The Kier molecular flexibility index (Phi) is 13.4. The number of rotatable bonds is 7. The van der Waals surface area contributed by atoms with Gasteiger partial charge in [-0.1, -0.05) is 57.2 Å². The van der Waals surface area contributed by atoms with Gasteiger partial charge < -0.3 is 21.0 Å². The van der Waals surface area contributed by atoms with Gasteiger partial charge in [0.05, 0.1) is 0 Å². The summed E-state index contributed by atoms with van der Waals surface area (Å²) in [5, 5.41) is 14.6. The number of aromatic hydroxyl groups is 1. The standard InChI is InChI=1S/C29H31N2O2P.C2H6.K/c1-20-3-2-4-22(15-20)16-24(19-32)28(23-7-9-26(33)10-8-23)29(30)13-14-31-25(18-29)17-21-5-11-27(34)12-6-21;1-2;/h2-3,5-12,15-16,25,28,31,33H,13-14,17-18,30,34H2,1H3;1-2H3;/q-2;;+1/b24-16+;;. The molecule has 3 aromatic carbocycles. The van der Waals surface area contributed by atoms with E-state index >= 15 is 0 Å². The van der Waals surface area contributed by atoms with E-state index in [-0.39, 0.29) is 69.1 Å². The third-order valence-corrected chi connectivity index (χ3v) is 7.02. The first-order valence-electron chi connectivity index (χ1n) is 12.6. The van der Waals surface area contributed by atoms with Crippen LogP contribution in [0.1, 0.15) is 54.9 Å². The smallest absolute Gasteiger partial charge is 0.508 e. The number of hydrogen-bond donors (Lipinski definition) is 3. The van der Waals surface area contributed by atoms with E-state index in [9.17, 15) is 9.90 Å². The number of carbonyl (C=O) groups excluding carboxylic acids is 1. The molecule has 1 fully saturated rings. The van der Waals surface area contributed by atoms with Crippen LogP contribution in [0.4, 0.5) is 0 Å². The molecule has 4 rings (SSSR count). The van der Waals surface area contributed by atoms with E-state index in [0.29, 0.717) is 12.0 Å². The van der Waals surface area contributed by atoms with Crippen molar-refractivity contribution < 1.29 is 61.3 Å². The van der Waals surface area contributed by atoms with Gasteiger partial charge >= 0.3 is 51.4 Å². The predicted molar refractivity (Wildman–Crippen MR) is 153 cm³/mol. The summed E-state index contributed by atoms with van der Waals surface area (Å²) in [6.07, 6.45) is 6.34. The molecule has 0 saturated carbocycles. The average Bonchev–Trinajstić information content (AvgIpc) is 2.87. The van der Waals surface area contributed by atoms with E-state index in [4.69, 9.17) is 5.73 Å². The van der Waals surface area contributed by atoms with E-state index in [0.717, 1.165) is 41.4 Å². The zero-order chi connectivity index (χ0) is 26.1. The van der Waals surface area contributed by atoms with Crippen molar-refractivity contribution in [3.05, 3.63) is 101 Å². The summed E-state index contributed by atoms with van der Waals surface area (Å²) >= 11 is 0. The number of phenols is 1. The van der Waals surface area contributed by atoms with Gasteiger partial charge in [0.15, 0.2) is 0 Å². The molecule has 1 saturated heterocycles. The van der Waals surface area contributed by atoms with Crippen molar-refractivity contribution in [3.63, 3.8) is 0 Å². The van der Waals surface area contributed by atoms with Crippen LogP contribution in [0.25, 0.3) is 6.08 Å². The van der Waals surface area contributed by atoms with Crippen LogP contribution in [0.2, 0.25) is 0 Å². The molecule has 6 heteroatoms. The molecule has 1 heterocycles. The molecule has 0 spiro atoms. The summed E-state index contributed by atoms with van der Waals surface area (Å²) in [6.45, 7) is 6.78. The Morgan fingerprint density at radius 3 is 2.51 bits per heavy atom. The van der Waals surface area contributed by atoms with Crippen LogP contribution in [-0.4, -0.2) is 29.5 Å². The molecule has 0 aliphatic carbocycles. The van der Waals surface area contributed by atoms with Crippen LogP contribution in [0.3, 0.4) is 0 Å². The molecule has 4 atom stereocenters. The van der Waals surface area contributed by atoms with E-state index < -0.39 is 5.54 Å². The minimum absolute atomic E-state index is 0. The second kappa shape index (κ2) is 15.4. The molecule has 4 nitrogen and oxygen atoms in total. The van der Waals surface area contributed by atoms with Crippen LogP contribution in [0.15, 0.2) is 72.3 Å². The number of hydrogen-bond acceptors (Lipinski definition) is 4. The number of nitrogens with one attached hydrogen (secondary N) is 1. The minimum Gasteiger partial charge on any atom is -0.508 e. The summed E-state index contributed by atoms with van der Waals surface area (Å²) in [6, 6.07) is 24.7. The molecule has 1 aliphatic heterocycles. The number of nitrogens with two attached hydrogens (primary N) is 1. The van der Waals surface area contributed by atoms with Crippen molar-refractivity contribution in [1.82, 2.24) is 5.32 Å². The van der Waals surface area contributed by atoms with Gasteiger partial charge in [0.2, 0.25) is 0 Å². The Labute approximate surface area is 267 Å². The molecule has 37 heavy (non-hydrogen) atoms. The predicted octanol–water partition coefficient (Wildman–Crippen LogP) is 2.00. The zero-order valence-electron chi connectivity index (χ0n) is 22.4. The minimum atomic E-state index is -0.652. The monoisotopic (exact) mass is 539 g/mol. The second-order valence-electron chi connectivity index (χ2n) is 9.33. The molecular formula is C31H37KN2O2P-. The van der Waals surface area contributed by atoms with Gasteiger partial charge in [0, 0.05) is 11.6 Å². The van der Waals surface area contributed by atoms with Crippen molar-refractivity contribution in [1.29, 1.82) is 0 Å². The maximum atomic E-state index is 12.3.